The fourth-order valence-corrected chi connectivity index (χ4v) is 2.05. The quantitative estimate of drug-likeness (QED) is 0.631. The van der Waals surface area contributed by atoms with Crippen molar-refractivity contribution < 1.29 is 19.4 Å². The van der Waals surface area contributed by atoms with Crippen molar-refractivity contribution in [3.05, 3.63) is 53.6 Å². The second-order valence-corrected chi connectivity index (χ2v) is 4.98. The minimum atomic E-state index is -0.500. The highest BCUT2D eigenvalue weighted by atomic mass is 16.5. The molecule has 0 fully saturated rings. The van der Waals surface area contributed by atoms with Crippen LogP contribution < -0.4 is 14.9 Å². The van der Waals surface area contributed by atoms with Gasteiger partial charge in [0.2, 0.25) is 0 Å². The lowest BCUT2D eigenvalue weighted by Gasteiger charge is -2.07. The Balaban J connectivity index is 2.07. The van der Waals surface area contributed by atoms with Crippen LogP contribution in [-0.2, 0) is 0 Å². The second kappa shape index (κ2) is 8.01. The SMILES string of the molecule is CCOc1ccc(/C(C)=N\NC(=O)c2ccc(OC)cc2O)cc1. The van der Waals surface area contributed by atoms with Gasteiger partial charge in [0.25, 0.3) is 5.91 Å². The topological polar surface area (TPSA) is 80.2 Å². The van der Waals surface area contributed by atoms with E-state index in [1.54, 1.807) is 13.0 Å². The van der Waals surface area contributed by atoms with Gasteiger partial charge in [-0.15, -0.1) is 0 Å². The highest BCUT2D eigenvalue weighted by Gasteiger charge is 2.11. The third kappa shape index (κ3) is 4.25. The summed E-state index contributed by atoms with van der Waals surface area (Å²) in [7, 11) is 1.49. The number of phenols is 1. The predicted octanol–water partition coefficient (Wildman–Crippen LogP) is 2.95. The van der Waals surface area contributed by atoms with Gasteiger partial charge in [-0.3, -0.25) is 4.79 Å². The number of aromatic hydroxyl groups is 1. The molecule has 0 bridgehead atoms. The van der Waals surface area contributed by atoms with Crippen LogP contribution in [0.15, 0.2) is 47.6 Å². The van der Waals surface area contributed by atoms with Crippen LogP contribution in [0, 0.1) is 0 Å². The van der Waals surface area contributed by atoms with Crippen LogP contribution in [0.5, 0.6) is 17.2 Å². The third-order valence-electron chi connectivity index (χ3n) is 3.36. The fourth-order valence-electron chi connectivity index (χ4n) is 2.05. The number of nitrogens with zero attached hydrogens (tertiary/aromatic N) is 1. The van der Waals surface area contributed by atoms with E-state index in [1.165, 1.54) is 19.2 Å². The minimum Gasteiger partial charge on any atom is -0.507 e. The average Bonchev–Trinajstić information content (AvgIpc) is 2.60. The average molecular weight is 328 g/mol. The van der Waals surface area contributed by atoms with Gasteiger partial charge in [-0.1, -0.05) is 0 Å². The molecule has 6 heteroatoms. The summed E-state index contributed by atoms with van der Waals surface area (Å²) in [6.45, 7) is 4.31. The molecule has 0 saturated heterocycles. The summed E-state index contributed by atoms with van der Waals surface area (Å²) in [5.74, 6) is 0.584. The molecule has 0 heterocycles. The summed E-state index contributed by atoms with van der Waals surface area (Å²) in [6, 6.07) is 11.9. The molecule has 0 unspecified atom stereocenters. The lowest BCUT2D eigenvalue weighted by molar-refractivity contribution is 0.0952. The normalized spacial score (nSPS) is 11.0. The monoisotopic (exact) mass is 328 g/mol. The smallest absolute Gasteiger partial charge is 0.275 e. The van der Waals surface area contributed by atoms with Gasteiger partial charge in [0.1, 0.15) is 17.2 Å². The van der Waals surface area contributed by atoms with Crippen molar-refractivity contribution in [2.45, 2.75) is 13.8 Å². The standard InChI is InChI=1S/C18H20N2O4/c1-4-24-14-7-5-13(6-8-14)12(2)19-20-18(22)16-10-9-15(23-3)11-17(16)21/h5-11,21H,4H2,1-3H3,(H,20,22)/b19-12-. The highest BCUT2D eigenvalue weighted by molar-refractivity contribution is 6.01. The number of carbonyl (C=O) groups excluding carboxylic acids is 1. The van der Waals surface area contributed by atoms with Gasteiger partial charge >= 0.3 is 0 Å². The number of benzene rings is 2. The van der Waals surface area contributed by atoms with E-state index in [2.05, 4.69) is 10.5 Å². The van der Waals surface area contributed by atoms with Gasteiger partial charge < -0.3 is 14.6 Å². The summed E-state index contributed by atoms with van der Waals surface area (Å²) in [5.41, 5.74) is 4.05. The first-order valence-corrected chi connectivity index (χ1v) is 7.50. The van der Waals surface area contributed by atoms with Crippen LogP contribution >= 0.6 is 0 Å². The summed E-state index contributed by atoms with van der Waals surface area (Å²) < 4.78 is 10.4. The molecule has 0 aromatic heterocycles. The summed E-state index contributed by atoms with van der Waals surface area (Å²) >= 11 is 0. The van der Waals surface area contributed by atoms with Crippen molar-refractivity contribution >= 4 is 11.6 Å². The van der Waals surface area contributed by atoms with Crippen molar-refractivity contribution in [1.82, 2.24) is 5.43 Å². The Labute approximate surface area is 140 Å². The molecule has 0 aliphatic heterocycles. The molecular weight excluding hydrogens is 308 g/mol. The number of nitrogens with one attached hydrogen (secondary N) is 1. The van der Waals surface area contributed by atoms with Gasteiger partial charge in [-0.25, -0.2) is 5.43 Å². The predicted molar refractivity (Wildman–Crippen MR) is 91.9 cm³/mol. The molecular formula is C18H20N2O4. The Kier molecular flexibility index (Phi) is 5.78. The number of amides is 1. The van der Waals surface area contributed by atoms with Crippen molar-refractivity contribution in [3.63, 3.8) is 0 Å². The minimum absolute atomic E-state index is 0.124. The Morgan fingerprint density at radius 3 is 2.42 bits per heavy atom. The maximum Gasteiger partial charge on any atom is 0.275 e. The van der Waals surface area contributed by atoms with E-state index in [0.717, 1.165) is 11.3 Å². The van der Waals surface area contributed by atoms with E-state index in [4.69, 9.17) is 9.47 Å². The Hall–Kier alpha value is -3.02. The van der Waals surface area contributed by atoms with Gasteiger partial charge in [0.15, 0.2) is 0 Å². The van der Waals surface area contributed by atoms with E-state index < -0.39 is 5.91 Å². The summed E-state index contributed by atoms with van der Waals surface area (Å²) in [5, 5.41) is 13.9. The Bertz CT molecular complexity index is 739. The largest absolute Gasteiger partial charge is 0.507 e. The van der Waals surface area contributed by atoms with Crippen LogP contribution in [0.2, 0.25) is 0 Å². The number of ether oxygens (including phenoxy) is 2. The van der Waals surface area contributed by atoms with Gasteiger partial charge in [-0.2, -0.15) is 5.10 Å². The zero-order valence-electron chi connectivity index (χ0n) is 13.9. The van der Waals surface area contributed by atoms with Gasteiger partial charge in [0.05, 0.1) is 25.0 Å². The molecule has 0 aliphatic carbocycles. The van der Waals surface area contributed by atoms with Gasteiger partial charge in [-0.05, 0) is 55.8 Å². The maximum absolute atomic E-state index is 12.1. The summed E-state index contributed by atoms with van der Waals surface area (Å²) in [4.78, 5) is 12.1. The molecule has 24 heavy (non-hydrogen) atoms. The highest BCUT2D eigenvalue weighted by Crippen LogP contribution is 2.23. The zero-order chi connectivity index (χ0) is 17.5. The first-order valence-electron chi connectivity index (χ1n) is 7.50. The van der Waals surface area contributed by atoms with Crippen molar-refractivity contribution in [3.8, 4) is 17.2 Å². The number of hydrazone groups is 1. The Morgan fingerprint density at radius 2 is 1.83 bits per heavy atom. The van der Waals surface area contributed by atoms with E-state index in [-0.39, 0.29) is 11.3 Å². The number of rotatable bonds is 6. The molecule has 0 saturated carbocycles. The zero-order valence-corrected chi connectivity index (χ0v) is 13.9. The number of methoxy groups -OCH3 is 1. The molecule has 2 rings (SSSR count). The van der Waals surface area contributed by atoms with Crippen molar-refractivity contribution in [2.75, 3.05) is 13.7 Å². The van der Waals surface area contributed by atoms with E-state index in [1.807, 2.05) is 31.2 Å². The molecule has 1 amide bonds. The molecule has 2 aromatic rings. The first kappa shape index (κ1) is 17.3. The van der Waals surface area contributed by atoms with Crippen LogP contribution in [-0.4, -0.2) is 30.4 Å². The van der Waals surface area contributed by atoms with Crippen molar-refractivity contribution in [1.29, 1.82) is 0 Å². The molecule has 0 spiro atoms. The number of hydrogen-bond donors (Lipinski definition) is 2. The molecule has 6 nitrogen and oxygen atoms in total. The van der Waals surface area contributed by atoms with Crippen LogP contribution in [0.3, 0.4) is 0 Å². The lowest BCUT2D eigenvalue weighted by Crippen LogP contribution is -2.19. The van der Waals surface area contributed by atoms with E-state index >= 15 is 0 Å². The van der Waals surface area contributed by atoms with Crippen LogP contribution in [0.25, 0.3) is 0 Å². The molecule has 2 N–H and O–H groups in total. The molecule has 0 atom stereocenters. The number of phenolic OH excluding ortho intramolecular Hbond substituents is 1. The maximum atomic E-state index is 12.1. The van der Waals surface area contributed by atoms with Crippen molar-refractivity contribution in [2.24, 2.45) is 5.10 Å². The fraction of sp³-hybridized carbons (Fsp3) is 0.222. The summed E-state index contributed by atoms with van der Waals surface area (Å²) in [6.07, 6.45) is 0. The molecule has 2 aromatic carbocycles. The van der Waals surface area contributed by atoms with E-state index in [9.17, 15) is 9.90 Å². The van der Waals surface area contributed by atoms with Gasteiger partial charge in [0, 0.05) is 6.07 Å². The number of carbonyl (C=O) groups is 1. The van der Waals surface area contributed by atoms with E-state index in [0.29, 0.717) is 18.1 Å². The second-order valence-electron chi connectivity index (χ2n) is 4.98. The third-order valence-corrected chi connectivity index (χ3v) is 3.36. The molecule has 0 radical (unpaired) electrons. The van der Waals surface area contributed by atoms with Crippen LogP contribution in [0.1, 0.15) is 29.8 Å². The number of hydrogen-bond acceptors (Lipinski definition) is 5. The Morgan fingerprint density at radius 1 is 1.17 bits per heavy atom. The van der Waals surface area contributed by atoms with Crippen LogP contribution in [0.4, 0.5) is 0 Å². The first-order chi connectivity index (χ1) is 11.5. The lowest BCUT2D eigenvalue weighted by atomic mass is 10.1. The molecule has 0 aliphatic rings. The molecule has 126 valence electrons.